The van der Waals surface area contributed by atoms with Gasteiger partial charge in [0.05, 0.1) is 11.4 Å². The third-order valence-corrected chi connectivity index (χ3v) is 9.60. The normalized spacial score (nSPS) is 18.6. The summed E-state index contributed by atoms with van der Waals surface area (Å²) in [6.45, 7) is 2.27. The molecule has 0 bridgehead atoms. The van der Waals surface area contributed by atoms with Crippen LogP contribution in [0.1, 0.15) is 12.6 Å². The van der Waals surface area contributed by atoms with E-state index in [4.69, 9.17) is 23.5 Å². The molecule has 5 rings (SSSR count). The Morgan fingerprint density at radius 3 is 2.68 bits per heavy atom. The van der Waals surface area contributed by atoms with Gasteiger partial charge < -0.3 is 25.5 Å². The van der Waals surface area contributed by atoms with Crippen LogP contribution in [0.5, 0.6) is 0 Å². The number of nitrogens with zero attached hydrogens (tertiary/aromatic N) is 4. The first-order chi connectivity index (χ1) is 22.1. The number of rotatable bonds is 9. The quantitative estimate of drug-likeness (QED) is 0.0554. The molecule has 1 saturated heterocycles. The summed E-state index contributed by atoms with van der Waals surface area (Å²) in [5, 5.41) is 21.4. The predicted molar refractivity (Wildman–Crippen MR) is 166 cm³/mol. The number of anilines is 1. The number of aliphatic carboxylic acids is 1. The van der Waals surface area contributed by atoms with Crippen molar-refractivity contribution < 1.29 is 55.0 Å². The number of thiophene rings is 1. The summed E-state index contributed by atoms with van der Waals surface area (Å²) < 4.78 is 61.0. The van der Waals surface area contributed by atoms with Crippen LogP contribution >= 0.6 is 34.4 Å². The minimum Gasteiger partial charge on any atom is -0.741 e. The number of carboxylic acid groups (broad SMARTS) is 1. The standard InChI is InChI=1S/C25H22N6O5S3.CHF3O3S/c1-2-10-36-29-18(15-12-39-25(26)27-15)21(32)28-19-16-13-38-17(20(24(34)35)31(16)22(19)33)6-4-9-30-8-3-5-14-7-11-37-23(14)30;2-1(3,4)8(5,6)7/h2-8,10-12,16,19H,9,13H2,1H3,(H3-,26,27,28,32,34,35);(H,5,6,7)/b6-4+,10-2?,29-18?;. The number of thiazole rings is 1. The van der Waals surface area contributed by atoms with Crippen LogP contribution < -0.4 is 15.6 Å². The molecule has 2 aliphatic rings. The number of amides is 2. The highest BCUT2D eigenvalue weighted by Crippen LogP contribution is 2.39. The first kappa shape index (κ1) is 35.5. The largest absolute Gasteiger partial charge is 0.741 e. The van der Waals surface area contributed by atoms with E-state index < -0.39 is 45.5 Å². The molecule has 2 unspecified atom stereocenters. The first-order valence-corrected chi connectivity index (χ1v) is 17.1. The topological polar surface area (TPSA) is 208 Å². The number of nitrogens with two attached hydrogens (primary N) is 1. The lowest BCUT2D eigenvalue weighted by Gasteiger charge is -2.49. The van der Waals surface area contributed by atoms with Crippen LogP contribution in [-0.2, 0) is 35.9 Å². The van der Waals surface area contributed by atoms with E-state index in [2.05, 4.69) is 20.0 Å². The van der Waals surface area contributed by atoms with Crippen molar-refractivity contribution in [1.82, 2.24) is 15.2 Å². The number of carbonyl (C=O) groups excluding carboxylic acids is 2. The molecule has 2 amide bonds. The van der Waals surface area contributed by atoms with Crippen molar-refractivity contribution in [2.45, 2.75) is 31.1 Å². The minimum absolute atomic E-state index is 0.0973. The van der Waals surface area contributed by atoms with Gasteiger partial charge in [0.25, 0.3) is 16.6 Å². The maximum atomic E-state index is 13.1. The molecular formula is C26H23F3N6O8S4. The molecule has 5 heterocycles. The summed E-state index contributed by atoms with van der Waals surface area (Å²) in [6, 6.07) is 4.60. The summed E-state index contributed by atoms with van der Waals surface area (Å²) in [6.07, 6.45) is 8.46. The summed E-state index contributed by atoms with van der Waals surface area (Å²) in [5.74, 6) is -2.00. The fourth-order valence-corrected chi connectivity index (χ4v) is 6.85. The summed E-state index contributed by atoms with van der Waals surface area (Å²) >= 11 is 4.09. The molecule has 47 heavy (non-hydrogen) atoms. The van der Waals surface area contributed by atoms with Crippen molar-refractivity contribution in [2.24, 2.45) is 5.16 Å². The highest BCUT2D eigenvalue weighted by molar-refractivity contribution is 8.03. The van der Waals surface area contributed by atoms with Gasteiger partial charge in [-0.2, -0.15) is 17.7 Å². The van der Waals surface area contributed by atoms with E-state index in [1.807, 2.05) is 35.9 Å². The number of fused-ring (bicyclic) bond motifs is 2. The Morgan fingerprint density at radius 2 is 2.06 bits per heavy atom. The Bertz CT molecular complexity index is 1920. The Kier molecular flexibility index (Phi) is 11.1. The van der Waals surface area contributed by atoms with Gasteiger partial charge in [-0.1, -0.05) is 16.5 Å². The molecule has 14 nitrogen and oxygen atoms in total. The van der Waals surface area contributed by atoms with Gasteiger partial charge in [0, 0.05) is 22.1 Å². The summed E-state index contributed by atoms with van der Waals surface area (Å²) in [4.78, 5) is 50.3. The number of thioether (sulfide) groups is 1. The van der Waals surface area contributed by atoms with E-state index in [0.717, 1.165) is 21.6 Å². The molecule has 0 saturated carbocycles. The molecule has 0 aromatic carbocycles. The Balaban J connectivity index is 0.000000555. The number of nitrogen functional groups attached to an aromatic ring is 1. The number of allylic oxidation sites excluding steroid dienone is 3. The number of pyridine rings is 1. The van der Waals surface area contributed by atoms with Gasteiger partial charge in [0.2, 0.25) is 0 Å². The van der Waals surface area contributed by atoms with Gasteiger partial charge >= 0.3 is 11.5 Å². The lowest BCUT2D eigenvalue weighted by molar-refractivity contribution is -0.658. The van der Waals surface area contributed by atoms with Gasteiger partial charge in [-0.05, 0) is 42.7 Å². The molecule has 3 aromatic rings. The fourth-order valence-electron chi connectivity index (χ4n) is 4.21. The third kappa shape index (κ3) is 8.16. The number of β-lactam (4-membered cyclic amide) rings is 1. The number of oxime groups is 1. The van der Waals surface area contributed by atoms with E-state index >= 15 is 0 Å². The van der Waals surface area contributed by atoms with Crippen molar-refractivity contribution >= 4 is 83.4 Å². The molecule has 21 heteroatoms. The van der Waals surface area contributed by atoms with Gasteiger partial charge in [-0.25, -0.2) is 18.2 Å². The highest BCUT2D eigenvalue weighted by atomic mass is 32.2. The van der Waals surface area contributed by atoms with Gasteiger partial charge in [0.1, 0.15) is 23.7 Å². The SMILES string of the molecule is CC=CON=C(C(=O)NC1C(=O)N2C(C(=O)O)=C(/C=C/C[n+]3cccc4ccsc43)SCC12)c1csc(N)n1.O=S(=O)([O-])C(F)(F)F. The molecule has 3 aromatic heterocycles. The Labute approximate surface area is 276 Å². The number of hydrogen-bond donors (Lipinski definition) is 3. The molecule has 0 radical (unpaired) electrons. The summed E-state index contributed by atoms with van der Waals surface area (Å²) in [7, 11) is -6.09. The molecule has 1 fully saturated rings. The molecule has 2 atom stereocenters. The number of carboxylic acids is 1. The second kappa shape index (κ2) is 14.6. The predicted octanol–water partition coefficient (Wildman–Crippen LogP) is 2.53. The number of alkyl halides is 3. The molecule has 0 spiro atoms. The zero-order valence-electron chi connectivity index (χ0n) is 23.8. The van der Waals surface area contributed by atoms with Crippen molar-refractivity contribution in [3.63, 3.8) is 0 Å². The first-order valence-electron chi connectivity index (χ1n) is 13.0. The zero-order chi connectivity index (χ0) is 34.5. The second-order valence-electron chi connectivity index (χ2n) is 9.29. The highest BCUT2D eigenvalue weighted by Gasteiger charge is 2.54. The van der Waals surface area contributed by atoms with Crippen molar-refractivity contribution in [2.75, 3.05) is 11.5 Å². The van der Waals surface area contributed by atoms with Crippen LogP contribution in [0.25, 0.3) is 10.2 Å². The number of aromatic nitrogens is 2. The van der Waals surface area contributed by atoms with Crippen molar-refractivity contribution in [3.8, 4) is 0 Å². The average molecular weight is 733 g/mol. The number of nitrogens with one attached hydrogen (secondary N) is 1. The maximum Gasteiger partial charge on any atom is 0.485 e. The maximum absolute atomic E-state index is 13.1. The third-order valence-electron chi connectivity index (χ3n) is 6.25. The molecule has 0 aliphatic carbocycles. The minimum atomic E-state index is -6.09. The molecular weight excluding hydrogens is 710 g/mol. The molecule has 4 N–H and O–H groups in total. The van der Waals surface area contributed by atoms with Gasteiger partial charge in [0.15, 0.2) is 33.7 Å². The van der Waals surface area contributed by atoms with Gasteiger partial charge in [-0.3, -0.25) is 14.5 Å². The number of hydrogen-bond acceptors (Lipinski definition) is 13. The van der Waals surface area contributed by atoms with E-state index in [9.17, 15) is 32.7 Å². The van der Waals surface area contributed by atoms with Crippen LogP contribution in [0, 0.1) is 0 Å². The van der Waals surface area contributed by atoms with E-state index in [-0.39, 0.29) is 22.2 Å². The van der Waals surface area contributed by atoms with Crippen LogP contribution in [0.3, 0.4) is 0 Å². The van der Waals surface area contributed by atoms with Crippen molar-refractivity contribution in [3.05, 3.63) is 75.9 Å². The molecule has 2 aliphatic heterocycles. The van der Waals surface area contributed by atoms with E-state index in [1.165, 1.54) is 22.9 Å². The van der Waals surface area contributed by atoms with Crippen LogP contribution in [0.2, 0.25) is 0 Å². The van der Waals surface area contributed by atoms with Crippen LogP contribution in [-0.4, -0.2) is 74.8 Å². The lowest BCUT2D eigenvalue weighted by Crippen LogP contribution is -2.73. The lowest BCUT2D eigenvalue weighted by atomic mass is 9.94. The van der Waals surface area contributed by atoms with Crippen LogP contribution in [0.4, 0.5) is 18.3 Å². The van der Waals surface area contributed by atoms with Crippen molar-refractivity contribution in [1.29, 1.82) is 0 Å². The second-order valence-corrected chi connectivity index (χ2v) is 13.5. The summed E-state index contributed by atoms with van der Waals surface area (Å²) in [5.41, 5.74) is 0.0132. The fraction of sp³-hybridized carbons (Fsp3) is 0.231. The average Bonchev–Trinajstić information content (AvgIpc) is 3.66. The Morgan fingerprint density at radius 1 is 1.34 bits per heavy atom. The molecule has 250 valence electrons. The number of halogens is 3. The van der Waals surface area contributed by atoms with Crippen LogP contribution in [0.15, 0.2) is 75.4 Å². The Hall–Kier alpha value is -4.31. The smallest absolute Gasteiger partial charge is 0.485 e. The van der Waals surface area contributed by atoms with E-state index in [0.29, 0.717) is 17.2 Å². The number of carbonyl (C=O) groups is 3. The monoisotopic (exact) mass is 732 g/mol. The van der Waals surface area contributed by atoms with Gasteiger partial charge in [-0.15, -0.1) is 23.1 Å². The van der Waals surface area contributed by atoms with E-state index in [1.54, 1.807) is 35.8 Å². The zero-order valence-corrected chi connectivity index (χ0v) is 27.0.